The van der Waals surface area contributed by atoms with Crippen molar-refractivity contribution in [2.75, 3.05) is 14.2 Å². The molecule has 0 amide bonds. The summed E-state index contributed by atoms with van der Waals surface area (Å²) in [6.07, 6.45) is 3.04. The van der Waals surface area contributed by atoms with Crippen LogP contribution in [-0.2, 0) is 4.74 Å². The molecule has 1 aliphatic carbocycles. The number of methoxy groups -OCH3 is 2. The summed E-state index contributed by atoms with van der Waals surface area (Å²) in [7, 11) is 3.01. The molecule has 0 unspecified atom stereocenters. The van der Waals surface area contributed by atoms with Gasteiger partial charge in [0.15, 0.2) is 5.78 Å². The second-order valence-electron chi connectivity index (χ2n) is 6.54. The summed E-state index contributed by atoms with van der Waals surface area (Å²) in [5.41, 5.74) is -0.608. The van der Waals surface area contributed by atoms with Crippen molar-refractivity contribution in [1.82, 2.24) is 0 Å². The van der Waals surface area contributed by atoms with Crippen LogP contribution in [0.1, 0.15) is 49.9 Å². The van der Waals surface area contributed by atoms with E-state index in [0.29, 0.717) is 18.6 Å². The average Bonchev–Trinajstić information content (AvgIpc) is 2.47. The SMILES string of the molecule is COc1ccc(C(=O)C2(OC)CCC(C)(C)CC2)c(F)c1. The molecule has 1 aromatic carbocycles. The summed E-state index contributed by atoms with van der Waals surface area (Å²) >= 11 is 0. The van der Waals surface area contributed by atoms with Crippen molar-refractivity contribution >= 4 is 5.78 Å². The molecule has 0 heterocycles. The normalized spacial score (nSPS) is 20.0. The summed E-state index contributed by atoms with van der Waals surface area (Å²) < 4.78 is 24.7. The number of carbonyl (C=O) groups is 1. The minimum atomic E-state index is -0.898. The molecule has 0 N–H and O–H groups in total. The zero-order valence-corrected chi connectivity index (χ0v) is 13.2. The predicted octanol–water partition coefficient (Wildman–Crippen LogP) is 4.00. The van der Waals surface area contributed by atoms with Gasteiger partial charge in [-0.1, -0.05) is 13.8 Å². The lowest BCUT2D eigenvalue weighted by molar-refractivity contribution is -0.0385. The van der Waals surface area contributed by atoms with Gasteiger partial charge in [0.25, 0.3) is 0 Å². The highest BCUT2D eigenvalue weighted by Gasteiger charge is 2.45. The molecule has 0 atom stereocenters. The Hall–Kier alpha value is -1.42. The van der Waals surface area contributed by atoms with Crippen LogP contribution >= 0.6 is 0 Å². The van der Waals surface area contributed by atoms with Crippen molar-refractivity contribution in [2.45, 2.75) is 45.1 Å². The monoisotopic (exact) mass is 294 g/mol. The first-order valence-electron chi connectivity index (χ1n) is 7.27. The Kier molecular flexibility index (Phi) is 4.38. The smallest absolute Gasteiger partial charge is 0.197 e. The summed E-state index contributed by atoms with van der Waals surface area (Å²) in [6.45, 7) is 4.37. The van der Waals surface area contributed by atoms with Gasteiger partial charge < -0.3 is 9.47 Å². The molecule has 2 rings (SSSR count). The fourth-order valence-corrected chi connectivity index (χ4v) is 2.91. The van der Waals surface area contributed by atoms with E-state index < -0.39 is 11.4 Å². The first-order chi connectivity index (χ1) is 9.83. The maximum absolute atomic E-state index is 14.1. The van der Waals surface area contributed by atoms with Gasteiger partial charge in [-0.05, 0) is 43.2 Å². The summed E-state index contributed by atoms with van der Waals surface area (Å²) in [5, 5.41) is 0. The van der Waals surface area contributed by atoms with Crippen LogP contribution in [0.25, 0.3) is 0 Å². The van der Waals surface area contributed by atoms with Gasteiger partial charge in [-0.25, -0.2) is 4.39 Å². The van der Waals surface area contributed by atoms with Gasteiger partial charge in [-0.15, -0.1) is 0 Å². The topological polar surface area (TPSA) is 35.5 Å². The molecular formula is C17H23FO3. The standard InChI is InChI=1S/C17H23FO3/c1-16(2)7-9-17(21-4,10-8-16)15(19)13-6-5-12(20-3)11-14(13)18/h5-6,11H,7-10H2,1-4H3. The Bertz CT molecular complexity index is 527. The second kappa shape index (κ2) is 5.76. The highest BCUT2D eigenvalue weighted by atomic mass is 19.1. The maximum atomic E-state index is 14.1. The van der Waals surface area contributed by atoms with Gasteiger partial charge >= 0.3 is 0 Å². The predicted molar refractivity (Wildman–Crippen MR) is 79.3 cm³/mol. The van der Waals surface area contributed by atoms with Gasteiger partial charge in [0.1, 0.15) is 17.2 Å². The molecule has 0 bridgehead atoms. The Balaban J connectivity index is 2.29. The summed E-state index contributed by atoms with van der Waals surface area (Å²) in [5.74, 6) is -0.415. The minimum Gasteiger partial charge on any atom is -0.497 e. The largest absolute Gasteiger partial charge is 0.497 e. The quantitative estimate of drug-likeness (QED) is 0.787. The number of Topliss-reactive ketones (excluding diaryl/α,β-unsaturated/α-hetero) is 1. The van der Waals surface area contributed by atoms with Crippen LogP contribution in [0.3, 0.4) is 0 Å². The maximum Gasteiger partial charge on any atom is 0.197 e. The molecule has 1 fully saturated rings. The van der Waals surface area contributed by atoms with Crippen LogP contribution in [0.5, 0.6) is 5.75 Å². The molecule has 1 saturated carbocycles. The lowest BCUT2D eigenvalue weighted by Gasteiger charge is -2.41. The van der Waals surface area contributed by atoms with E-state index >= 15 is 0 Å². The number of hydrogen-bond donors (Lipinski definition) is 0. The Labute approximate surface area is 125 Å². The molecule has 1 aromatic rings. The minimum absolute atomic E-state index is 0.0809. The molecule has 3 nitrogen and oxygen atoms in total. The molecule has 4 heteroatoms. The van der Waals surface area contributed by atoms with E-state index in [1.807, 2.05) is 0 Å². The number of halogens is 1. The van der Waals surface area contributed by atoms with Crippen molar-refractivity contribution in [1.29, 1.82) is 0 Å². The van der Waals surface area contributed by atoms with Crippen LogP contribution < -0.4 is 4.74 Å². The van der Waals surface area contributed by atoms with Gasteiger partial charge in [-0.3, -0.25) is 4.79 Å². The van der Waals surface area contributed by atoms with Gasteiger partial charge in [0.2, 0.25) is 0 Å². The number of ether oxygens (including phenoxy) is 2. The van der Waals surface area contributed by atoms with Gasteiger partial charge in [-0.2, -0.15) is 0 Å². The summed E-state index contributed by atoms with van der Waals surface area (Å²) in [4.78, 5) is 12.8. The third-order valence-corrected chi connectivity index (χ3v) is 4.64. The molecular weight excluding hydrogens is 271 g/mol. The molecule has 116 valence electrons. The zero-order valence-electron chi connectivity index (χ0n) is 13.2. The summed E-state index contributed by atoms with van der Waals surface area (Å²) in [6, 6.07) is 4.33. The number of hydrogen-bond acceptors (Lipinski definition) is 3. The van der Waals surface area contributed by atoms with Crippen LogP contribution in [0.4, 0.5) is 4.39 Å². The molecule has 0 aromatic heterocycles. The van der Waals surface area contributed by atoms with E-state index in [2.05, 4.69) is 13.8 Å². The highest BCUT2D eigenvalue weighted by molar-refractivity contribution is 6.03. The highest BCUT2D eigenvalue weighted by Crippen LogP contribution is 2.43. The van der Waals surface area contributed by atoms with E-state index in [1.54, 1.807) is 6.07 Å². The van der Waals surface area contributed by atoms with E-state index in [-0.39, 0.29) is 16.8 Å². The molecule has 0 radical (unpaired) electrons. The number of rotatable bonds is 4. The average molecular weight is 294 g/mol. The van der Waals surface area contributed by atoms with E-state index in [1.165, 1.54) is 26.4 Å². The van der Waals surface area contributed by atoms with Crippen molar-refractivity contribution < 1.29 is 18.7 Å². The van der Waals surface area contributed by atoms with Crippen molar-refractivity contribution in [3.05, 3.63) is 29.6 Å². The van der Waals surface area contributed by atoms with Crippen molar-refractivity contribution in [3.8, 4) is 5.75 Å². The van der Waals surface area contributed by atoms with Crippen LogP contribution in [0.15, 0.2) is 18.2 Å². The third-order valence-electron chi connectivity index (χ3n) is 4.64. The Morgan fingerprint density at radius 1 is 1.14 bits per heavy atom. The van der Waals surface area contributed by atoms with Gasteiger partial charge in [0, 0.05) is 13.2 Å². The Morgan fingerprint density at radius 3 is 2.24 bits per heavy atom. The zero-order chi connectivity index (χ0) is 15.7. The lowest BCUT2D eigenvalue weighted by atomic mass is 9.68. The fraction of sp³-hybridized carbons (Fsp3) is 0.588. The fourth-order valence-electron chi connectivity index (χ4n) is 2.91. The van der Waals surface area contributed by atoms with E-state index in [4.69, 9.17) is 9.47 Å². The van der Waals surface area contributed by atoms with Crippen molar-refractivity contribution in [2.24, 2.45) is 5.41 Å². The van der Waals surface area contributed by atoms with Crippen LogP contribution in [0, 0.1) is 11.2 Å². The Morgan fingerprint density at radius 2 is 1.76 bits per heavy atom. The van der Waals surface area contributed by atoms with Crippen LogP contribution in [0.2, 0.25) is 0 Å². The molecule has 21 heavy (non-hydrogen) atoms. The third kappa shape index (κ3) is 3.10. The van der Waals surface area contributed by atoms with Crippen LogP contribution in [-0.4, -0.2) is 25.6 Å². The van der Waals surface area contributed by atoms with Gasteiger partial charge in [0.05, 0.1) is 12.7 Å². The van der Waals surface area contributed by atoms with E-state index in [0.717, 1.165) is 12.8 Å². The molecule has 0 aliphatic heterocycles. The first-order valence-corrected chi connectivity index (χ1v) is 7.27. The number of benzene rings is 1. The first kappa shape index (κ1) is 16.0. The number of carbonyl (C=O) groups excluding carboxylic acids is 1. The van der Waals surface area contributed by atoms with Crippen molar-refractivity contribution in [3.63, 3.8) is 0 Å². The second-order valence-corrected chi connectivity index (χ2v) is 6.54. The molecule has 0 spiro atoms. The molecule has 0 saturated heterocycles. The molecule has 1 aliphatic rings. The lowest BCUT2D eigenvalue weighted by Crippen LogP contribution is -2.46. The van der Waals surface area contributed by atoms with E-state index in [9.17, 15) is 9.18 Å². The number of ketones is 1.